The Morgan fingerprint density at radius 1 is 1.45 bits per heavy atom. The highest BCUT2D eigenvalue weighted by Gasteiger charge is 2.22. The number of piperidine rings is 1. The number of hydrogen-bond donors (Lipinski definition) is 0. The van der Waals surface area contributed by atoms with Crippen molar-refractivity contribution in [3.05, 3.63) is 27.1 Å². The third-order valence-corrected chi connectivity index (χ3v) is 5.59. The molecule has 5 nitrogen and oxygen atoms in total. The molecule has 1 fully saturated rings. The summed E-state index contributed by atoms with van der Waals surface area (Å²) in [5.41, 5.74) is 0.871. The molecule has 1 saturated heterocycles. The Balaban J connectivity index is 1.88. The van der Waals surface area contributed by atoms with Gasteiger partial charge in [0.15, 0.2) is 0 Å². The summed E-state index contributed by atoms with van der Waals surface area (Å²) >= 11 is 1.53. The monoisotopic (exact) mass is 319 g/mol. The van der Waals surface area contributed by atoms with Gasteiger partial charge in [0, 0.05) is 18.0 Å². The maximum Gasteiger partial charge on any atom is 0.262 e. The van der Waals surface area contributed by atoms with Crippen molar-refractivity contribution in [1.29, 1.82) is 0 Å². The van der Waals surface area contributed by atoms with Gasteiger partial charge in [-0.05, 0) is 38.2 Å². The lowest BCUT2D eigenvalue weighted by Gasteiger charge is -2.31. The molecule has 118 valence electrons. The van der Waals surface area contributed by atoms with Crippen LogP contribution in [0.2, 0.25) is 0 Å². The van der Waals surface area contributed by atoms with Crippen LogP contribution >= 0.6 is 11.3 Å². The normalized spacial score (nSPS) is 18.9. The number of hydrogen-bond acceptors (Lipinski definition) is 4. The summed E-state index contributed by atoms with van der Waals surface area (Å²) in [6, 6.07) is 0. The molecule has 0 bridgehead atoms. The quantitative estimate of drug-likeness (QED) is 0.854. The van der Waals surface area contributed by atoms with Crippen LogP contribution in [0, 0.1) is 19.8 Å². The number of fused-ring (bicyclic) bond motifs is 1. The third-order valence-electron chi connectivity index (χ3n) is 4.47. The predicted octanol–water partition coefficient (Wildman–Crippen LogP) is 2.33. The van der Waals surface area contributed by atoms with Gasteiger partial charge in [0.2, 0.25) is 5.91 Å². The van der Waals surface area contributed by atoms with Crippen LogP contribution in [-0.4, -0.2) is 33.4 Å². The van der Waals surface area contributed by atoms with Crippen LogP contribution < -0.4 is 5.56 Å². The number of thiophene rings is 1. The van der Waals surface area contributed by atoms with E-state index in [2.05, 4.69) is 11.9 Å². The van der Waals surface area contributed by atoms with E-state index in [9.17, 15) is 9.59 Å². The molecule has 1 amide bonds. The number of aromatic nitrogens is 2. The van der Waals surface area contributed by atoms with Crippen LogP contribution in [0.25, 0.3) is 10.2 Å². The van der Waals surface area contributed by atoms with Gasteiger partial charge in [-0.15, -0.1) is 11.3 Å². The largest absolute Gasteiger partial charge is 0.341 e. The van der Waals surface area contributed by atoms with Crippen molar-refractivity contribution in [3.8, 4) is 0 Å². The topological polar surface area (TPSA) is 55.2 Å². The first-order chi connectivity index (χ1) is 10.5. The van der Waals surface area contributed by atoms with Gasteiger partial charge >= 0.3 is 0 Å². The molecule has 0 saturated carbocycles. The second-order valence-electron chi connectivity index (χ2n) is 6.23. The molecule has 6 heteroatoms. The highest BCUT2D eigenvalue weighted by molar-refractivity contribution is 7.18. The fourth-order valence-corrected chi connectivity index (χ4v) is 4.03. The Bertz CT molecular complexity index is 778. The predicted molar refractivity (Wildman–Crippen MR) is 88.3 cm³/mol. The molecule has 3 heterocycles. The van der Waals surface area contributed by atoms with E-state index >= 15 is 0 Å². The zero-order valence-corrected chi connectivity index (χ0v) is 14.1. The number of amides is 1. The zero-order chi connectivity index (χ0) is 15.9. The van der Waals surface area contributed by atoms with Gasteiger partial charge in [0.1, 0.15) is 11.4 Å². The summed E-state index contributed by atoms with van der Waals surface area (Å²) in [6.07, 6.45) is 3.72. The van der Waals surface area contributed by atoms with E-state index in [0.29, 0.717) is 11.3 Å². The highest BCUT2D eigenvalue weighted by atomic mass is 32.1. The first-order valence-corrected chi connectivity index (χ1v) is 8.52. The van der Waals surface area contributed by atoms with Gasteiger partial charge in [-0.2, -0.15) is 0 Å². The Hall–Kier alpha value is -1.69. The molecule has 3 rings (SSSR count). The molecular weight excluding hydrogens is 298 g/mol. The van der Waals surface area contributed by atoms with Gasteiger partial charge < -0.3 is 4.90 Å². The average molecular weight is 319 g/mol. The highest BCUT2D eigenvalue weighted by Crippen LogP contribution is 2.25. The molecule has 2 aromatic heterocycles. The molecule has 0 aliphatic carbocycles. The molecule has 2 aromatic rings. The zero-order valence-electron chi connectivity index (χ0n) is 13.3. The van der Waals surface area contributed by atoms with Gasteiger partial charge in [0.25, 0.3) is 5.56 Å². The second-order valence-corrected chi connectivity index (χ2v) is 7.43. The Kier molecular flexibility index (Phi) is 4.04. The van der Waals surface area contributed by atoms with Crippen molar-refractivity contribution in [2.75, 3.05) is 13.1 Å². The summed E-state index contributed by atoms with van der Waals surface area (Å²) in [5, 5.41) is 0.657. The molecule has 1 atom stereocenters. The number of carbonyl (C=O) groups excluding carboxylic acids is 1. The van der Waals surface area contributed by atoms with Crippen molar-refractivity contribution in [1.82, 2.24) is 14.5 Å². The van der Waals surface area contributed by atoms with Crippen LogP contribution in [0.4, 0.5) is 0 Å². The fraction of sp³-hybridized carbons (Fsp3) is 0.562. The van der Waals surface area contributed by atoms with Crippen molar-refractivity contribution in [2.45, 2.75) is 40.2 Å². The number of nitrogens with zero attached hydrogens (tertiary/aromatic N) is 3. The molecule has 0 N–H and O–H groups in total. The molecule has 0 aromatic carbocycles. The van der Waals surface area contributed by atoms with E-state index in [-0.39, 0.29) is 18.0 Å². The van der Waals surface area contributed by atoms with Crippen molar-refractivity contribution < 1.29 is 4.79 Å². The fourth-order valence-electron chi connectivity index (χ4n) is 3.04. The lowest BCUT2D eigenvalue weighted by molar-refractivity contribution is -0.133. The molecule has 0 radical (unpaired) electrons. The lowest BCUT2D eigenvalue weighted by atomic mass is 10.0. The SMILES string of the molecule is Cc1sc2ncn(CC(=O)N3CCCC(C)C3)c(=O)c2c1C. The molecule has 1 aliphatic rings. The van der Waals surface area contributed by atoms with Crippen LogP contribution in [0.5, 0.6) is 0 Å². The van der Waals surface area contributed by atoms with Crippen LogP contribution in [0.15, 0.2) is 11.1 Å². The van der Waals surface area contributed by atoms with E-state index < -0.39 is 0 Å². The summed E-state index contributed by atoms with van der Waals surface area (Å²) in [7, 11) is 0. The van der Waals surface area contributed by atoms with E-state index in [1.807, 2.05) is 18.7 Å². The third kappa shape index (κ3) is 2.67. The van der Waals surface area contributed by atoms with Crippen molar-refractivity contribution in [2.24, 2.45) is 5.92 Å². The molecule has 0 spiro atoms. The van der Waals surface area contributed by atoms with Crippen LogP contribution in [0.3, 0.4) is 0 Å². The van der Waals surface area contributed by atoms with Gasteiger partial charge in [-0.25, -0.2) is 4.98 Å². The number of carbonyl (C=O) groups is 1. The lowest BCUT2D eigenvalue weighted by Crippen LogP contribution is -2.42. The standard InChI is InChI=1S/C16H21N3O2S/c1-10-5-4-6-18(7-10)13(20)8-19-9-17-15-14(16(19)21)11(2)12(3)22-15/h9-10H,4-8H2,1-3H3. The van der Waals surface area contributed by atoms with E-state index in [1.54, 1.807) is 0 Å². The Morgan fingerprint density at radius 2 is 2.23 bits per heavy atom. The second kappa shape index (κ2) is 5.83. The minimum atomic E-state index is -0.106. The summed E-state index contributed by atoms with van der Waals surface area (Å²) in [6.45, 7) is 7.77. The molecule has 1 unspecified atom stereocenters. The van der Waals surface area contributed by atoms with Crippen LogP contribution in [-0.2, 0) is 11.3 Å². The summed E-state index contributed by atoms with van der Waals surface area (Å²) < 4.78 is 1.45. The van der Waals surface area contributed by atoms with E-state index in [1.165, 1.54) is 28.7 Å². The van der Waals surface area contributed by atoms with Crippen LogP contribution in [0.1, 0.15) is 30.2 Å². The molecule has 22 heavy (non-hydrogen) atoms. The molecule has 1 aliphatic heterocycles. The van der Waals surface area contributed by atoms with Gasteiger partial charge in [-0.3, -0.25) is 14.2 Å². The van der Waals surface area contributed by atoms with Gasteiger partial charge in [0.05, 0.1) is 11.7 Å². The smallest absolute Gasteiger partial charge is 0.262 e. The molecular formula is C16H21N3O2S. The number of aryl methyl sites for hydroxylation is 2. The van der Waals surface area contributed by atoms with Crippen molar-refractivity contribution >= 4 is 27.5 Å². The summed E-state index contributed by atoms with van der Waals surface area (Å²) in [4.78, 5) is 33.1. The summed E-state index contributed by atoms with van der Waals surface area (Å²) in [5.74, 6) is 0.552. The van der Waals surface area contributed by atoms with E-state index in [4.69, 9.17) is 0 Å². The first-order valence-electron chi connectivity index (χ1n) is 7.70. The Morgan fingerprint density at radius 3 is 2.95 bits per heavy atom. The maximum atomic E-state index is 12.6. The number of likely N-dealkylation sites (tertiary alicyclic amines) is 1. The van der Waals surface area contributed by atoms with E-state index in [0.717, 1.165) is 34.8 Å². The Labute approximate surface area is 133 Å². The first kappa shape index (κ1) is 15.2. The minimum Gasteiger partial charge on any atom is -0.341 e. The van der Waals surface area contributed by atoms with Gasteiger partial charge in [-0.1, -0.05) is 6.92 Å². The van der Waals surface area contributed by atoms with Crippen molar-refractivity contribution in [3.63, 3.8) is 0 Å². The average Bonchev–Trinajstić information content (AvgIpc) is 2.78. The maximum absolute atomic E-state index is 12.6. The minimum absolute atomic E-state index is 0.0133. The number of rotatable bonds is 2.